The van der Waals surface area contributed by atoms with E-state index in [0.717, 1.165) is 23.1 Å². The molecule has 2 fully saturated rings. The Morgan fingerprint density at radius 2 is 2.04 bits per heavy atom. The first-order valence-electron chi connectivity index (χ1n) is 8.09. The lowest BCUT2D eigenvalue weighted by atomic mass is 9.86. The molecule has 0 radical (unpaired) electrons. The molecule has 0 aliphatic heterocycles. The van der Waals surface area contributed by atoms with Gasteiger partial charge in [-0.15, -0.1) is 0 Å². The molecule has 122 valence electrons. The van der Waals surface area contributed by atoms with Crippen molar-refractivity contribution in [3.8, 4) is 0 Å². The van der Waals surface area contributed by atoms with Crippen molar-refractivity contribution in [3.63, 3.8) is 0 Å². The highest BCUT2D eigenvalue weighted by atomic mass is 16.6. The predicted molar refractivity (Wildman–Crippen MR) is 87.0 cm³/mol. The van der Waals surface area contributed by atoms with Gasteiger partial charge in [-0.05, 0) is 43.6 Å². The average Bonchev–Trinajstić information content (AvgIpc) is 3.16. The fourth-order valence-electron chi connectivity index (χ4n) is 3.95. The van der Waals surface area contributed by atoms with Gasteiger partial charge in [-0.1, -0.05) is 18.6 Å². The third-order valence-corrected chi connectivity index (χ3v) is 5.14. The number of carbonyl (C=O) groups is 1. The summed E-state index contributed by atoms with van der Waals surface area (Å²) in [6.07, 6.45) is 5.33. The molecule has 1 N–H and O–H groups in total. The monoisotopic (exact) mass is 315 g/mol. The molecule has 2 bridgehead atoms. The largest absolute Gasteiger partial charge is 0.273 e. The summed E-state index contributed by atoms with van der Waals surface area (Å²) < 4.78 is 0. The molecule has 0 saturated heterocycles. The summed E-state index contributed by atoms with van der Waals surface area (Å²) in [5.74, 6) is 1.93. The van der Waals surface area contributed by atoms with Crippen molar-refractivity contribution in [3.05, 3.63) is 39.9 Å². The molecule has 3 rings (SSSR count). The van der Waals surface area contributed by atoms with Crippen LogP contribution >= 0.6 is 0 Å². The van der Waals surface area contributed by atoms with Crippen LogP contribution < -0.4 is 5.43 Å². The minimum Gasteiger partial charge on any atom is -0.273 e. The number of nitro benzene ring substituents is 1. The lowest BCUT2D eigenvalue weighted by Crippen LogP contribution is -2.25. The zero-order valence-corrected chi connectivity index (χ0v) is 13.2. The summed E-state index contributed by atoms with van der Waals surface area (Å²) in [6.45, 7) is 2.00. The Kier molecular flexibility index (Phi) is 4.41. The zero-order chi connectivity index (χ0) is 16.4. The molecular formula is C17H21N3O3. The second-order valence-electron chi connectivity index (χ2n) is 6.67. The third kappa shape index (κ3) is 3.57. The van der Waals surface area contributed by atoms with E-state index < -0.39 is 4.92 Å². The maximum absolute atomic E-state index is 12.0. The van der Waals surface area contributed by atoms with E-state index in [1.807, 2.05) is 6.92 Å². The van der Waals surface area contributed by atoms with Crippen molar-refractivity contribution in [2.75, 3.05) is 0 Å². The number of hydrogen-bond donors (Lipinski definition) is 1. The van der Waals surface area contributed by atoms with Crippen molar-refractivity contribution in [1.29, 1.82) is 0 Å². The Labute approximate surface area is 135 Å². The van der Waals surface area contributed by atoms with Crippen LogP contribution in [0.1, 0.15) is 38.2 Å². The van der Waals surface area contributed by atoms with Crippen LogP contribution in [0.4, 0.5) is 5.69 Å². The first kappa shape index (κ1) is 15.6. The number of nitrogens with zero attached hydrogens (tertiary/aromatic N) is 2. The van der Waals surface area contributed by atoms with Crippen LogP contribution in [0.3, 0.4) is 0 Å². The first-order valence-corrected chi connectivity index (χ1v) is 8.09. The van der Waals surface area contributed by atoms with Crippen LogP contribution in [0.5, 0.6) is 0 Å². The van der Waals surface area contributed by atoms with Crippen molar-refractivity contribution in [1.82, 2.24) is 5.43 Å². The second-order valence-corrected chi connectivity index (χ2v) is 6.67. The van der Waals surface area contributed by atoms with Gasteiger partial charge < -0.3 is 0 Å². The van der Waals surface area contributed by atoms with E-state index in [1.165, 1.54) is 37.8 Å². The van der Waals surface area contributed by atoms with E-state index >= 15 is 0 Å². The van der Waals surface area contributed by atoms with Crippen molar-refractivity contribution in [2.45, 2.75) is 39.0 Å². The van der Waals surface area contributed by atoms with Crippen molar-refractivity contribution in [2.24, 2.45) is 22.9 Å². The number of hydrogen-bond acceptors (Lipinski definition) is 4. The summed E-state index contributed by atoms with van der Waals surface area (Å²) >= 11 is 0. The minimum atomic E-state index is -0.452. The minimum absolute atomic E-state index is 0.0271. The maximum Gasteiger partial charge on any atom is 0.269 e. The van der Waals surface area contributed by atoms with Crippen molar-refractivity contribution < 1.29 is 9.72 Å². The average molecular weight is 315 g/mol. The van der Waals surface area contributed by atoms with Gasteiger partial charge >= 0.3 is 0 Å². The van der Waals surface area contributed by atoms with E-state index in [0.29, 0.717) is 5.92 Å². The van der Waals surface area contributed by atoms with Crippen LogP contribution in [0, 0.1) is 27.9 Å². The molecule has 6 nitrogen and oxygen atoms in total. The number of nitrogens with one attached hydrogen (secondary N) is 1. The Balaban J connectivity index is 1.53. The number of amides is 1. The van der Waals surface area contributed by atoms with Crippen LogP contribution in [-0.4, -0.2) is 16.5 Å². The van der Waals surface area contributed by atoms with E-state index in [9.17, 15) is 14.9 Å². The number of fused-ring (bicyclic) bond motifs is 2. The lowest BCUT2D eigenvalue weighted by molar-refractivity contribution is -0.384. The quantitative estimate of drug-likeness (QED) is 0.515. The molecule has 3 unspecified atom stereocenters. The Bertz CT molecular complexity index is 639. The third-order valence-electron chi connectivity index (χ3n) is 5.14. The van der Waals surface area contributed by atoms with Gasteiger partial charge in [0.15, 0.2) is 0 Å². The molecule has 23 heavy (non-hydrogen) atoms. The smallest absolute Gasteiger partial charge is 0.269 e. The number of benzene rings is 1. The second kappa shape index (κ2) is 6.48. The molecule has 3 atom stereocenters. The molecule has 2 saturated carbocycles. The molecule has 0 spiro atoms. The fourth-order valence-corrected chi connectivity index (χ4v) is 3.95. The van der Waals surface area contributed by atoms with Crippen LogP contribution in [0.25, 0.3) is 0 Å². The van der Waals surface area contributed by atoms with Gasteiger partial charge in [0.25, 0.3) is 5.69 Å². The normalized spacial score (nSPS) is 26.3. The molecule has 2 aliphatic rings. The van der Waals surface area contributed by atoms with Gasteiger partial charge in [-0.25, -0.2) is 5.43 Å². The molecule has 1 amide bonds. The van der Waals surface area contributed by atoms with Crippen LogP contribution in [0.15, 0.2) is 29.4 Å². The number of rotatable bonds is 5. The molecule has 1 aromatic rings. The first-order chi connectivity index (χ1) is 11.0. The summed E-state index contributed by atoms with van der Waals surface area (Å²) in [7, 11) is 0. The Morgan fingerprint density at radius 1 is 1.30 bits per heavy atom. The lowest BCUT2D eigenvalue weighted by Gasteiger charge is -2.21. The molecular weight excluding hydrogens is 294 g/mol. The van der Waals surface area contributed by atoms with Gasteiger partial charge in [0.2, 0.25) is 5.91 Å². The summed E-state index contributed by atoms with van der Waals surface area (Å²) in [6, 6.07) is 6.02. The summed E-state index contributed by atoms with van der Waals surface area (Å²) in [5.41, 5.74) is 4.41. The van der Waals surface area contributed by atoms with Gasteiger partial charge in [0, 0.05) is 23.8 Å². The molecule has 0 heterocycles. The molecule has 2 aliphatic carbocycles. The fraction of sp³-hybridized carbons (Fsp3) is 0.529. The summed E-state index contributed by atoms with van der Waals surface area (Å²) in [5, 5.41) is 14.9. The highest BCUT2D eigenvalue weighted by Gasteiger charge is 2.40. The van der Waals surface area contributed by atoms with Gasteiger partial charge in [-0.2, -0.15) is 5.10 Å². The van der Waals surface area contributed by atoms with Gasteiger partial charge in [-0.3, -0.25) is 14.9 Å². The number of non-ortho nitro benzene ring substituents is 1. The SMILES string of the molecule is C/C(=N/NC(=O)Cc1ccc([N+](=O)[O-])cc1)C1CC2CCC1C2. The van der Waals surface area contributed by atoms with Gasteiger partial charge in [0.05, 0.1) is 11.3 Å². The molecule has 6 heteroatoms. The number of carbonyl (C=O) groups excluding carboxylic acids is 1. The van der Waals surface area contributed by atoms with E-state index in [4.69, 9.17) is 0 Å². The Morgan fingerprint density at radius 3 is 2.61 bits per heavy atom. The highest BCUT2D eigenvalue weighted by Crippen LogP contribution is 2.48. The maximum atomic E-state index is 12.0. The molecule has 0 aromatic heterocycles. The van der Waals surface area contributed by atoms with Crippen molar-refractivity contribution >= 4 is 17.3 Å². The van der Waals surface area contributed by atoms with E-state index in [-0.39, 0.29) is 18.0 Å². The van der Waals surface area contributed by atoms with Crippen LogP contribution in [0.2, 0.25) is 0 Å². The number of nitro groups is 1. The molecule has 1 aromatic carbocycles. The Hall–Kier alpha value is -2.24. The zero-order valence-electron chi connectivity index (χ0n) is 13.2. The van der Waals surface area contributed by atoms with E-state index in [1.54, 1.807) is 12.1 Å². The topological polar surface area (TPSA) is 84.6 Å². The standard InChI is InChI=1S/C17H21N3O3/c1-11(16-9-13-2-5-14(16)8-13)18-19-17(21)10-12-3-6-15(7-4-12)20(22)23/h3-4,6-7,13-14,16H,2,5,8-10H2,1H3,(H,19,21)/b18-11-. The highest BCUT2D eigenvalue weighted by molar-refractivity contribution is 5.87. The van der Waals surface area contributed by atoms with E-state index in [2.05, 4.69) is 10.5 Å². The number of hydrazone groups is 1. The summed E-state index contributed by atoms with van der Waals surface area (Å²) in [4.78, 5) is 22.1. The predicted octanol–water partition coefficient (Wildman–Crippen LogP) is 3.07. The van der Waals surface area contributed by atoms with Crippen LogP contribution in [-0.2, 0) is 11.2 Å². The van der Waals surface area contributed by atoms with Gasteiger partial charge in [0.1, 0.15) is 0 Å².